The van der Waals surface area contributed by atoms with E-state index in [1.54, 1.807) is 37.7 Å². The standard InChI is InChI=1S/C37H37Cl2FN6O4/c1-50-29-15-23(5-6-24(29)17-46-20-37(21-46)16-30(47)43-19-37)34-32(39)27(8-12-41-34)26-3-2-4-28(31(26)38)44-35-33(40)25(7-11-42-35)18-45-13-9-22(10-14-45)36(48)49/h2-8,11-12,15,22H,9-10,13-14,16-21H2,1H3,(H,42,44)(H,43,47)(H,48,49). The molecule has 2 aromatic carbocycles. The number of benzene rings is 2. The zero-order chi connectivity index (χ0) is 35.0. The van der Waals surface area contributed by atoms with Gasteiger partial charge in [0.15, 0.2) is 11.6 Å². The molecule has 3 N–H and O–H groups in total. The van der Waals surface area contributed by atoms with Gasteiger partial charge in [0.25, 0.3) is 0 Å². The van der Waals surface area contributed by atoms with E-state index in [9.17, 15) is 14.7 Å². The van der Waals surface area contributed by atoms with Gasteiger partial charge in [-0.1, -0.05) is 47.5 Å². The van der Waals surface area contributed by atoms with Crippen LogP contribution >= 0.6 is 23.2 Å². The van der Waals surface area contributed by atoms with E-state index in [1.807, 2.05) is 30.3 Å². The number of piperidine rings is 1. The minimum absolute atomic E-state index is 0.0393. The number of halogens is 3. The maximum Gasteiger partial charge on any atom is 0.306 e. The number of carboxylic acids is 1. The lowest BCUT2D eigenvalue weighted by Gasteiger charge is -2.47. The Morgan fingerprint density at radius 3 is 2.48 bits per heavy atom. The van der Waals surface area contributed by atoms with Crippen LogP contribution in [0.5, 0.6) is 5.75 Å². The van der Waals surface area contributed by atoms with E-state index in [0.717, 1.165) is 36.5 Å². The number of carbonyl (C=O) groups is 2. The van der Waals surface area contributed by atoms with Crippen LogP contribution in [-0.2, 0) is 22.7 Å². The molecule has 3 aliphatic heterocycles. The Bertz CT molecular complexity index is 1950. The molecule has 0 unspecified atom stereocenters. The van der Waals surface area contributed by atoms with Gasteiger partial charge in [-0.25, -0.2) is 9.37 Å². The van der Waals surface area contributed by atoms with Crippen molar-refractivity contribution in [3.63, 3.8) is 0 Å². The maximum atomic E-state index is 15.7. The average molecular weight is 720 g/mol. The number of amides is 1. The van der Waals surface area contributed by atoms with Crippen molar-refractivity contribution in [1.82, 2.24) is 25.1 Å². The molecule has 3 aliphatic rings. The molecule has 0 bridgehead atoms. The lowest BCUT2D eigenvalue weighted by Crippen LogP contribution is -2.56. The van der Waals surface area contributed by atoms with Crippen LogP contribution in [0, 0.1) is 17.2 Å². The Morgan fingerprint density at radius 1 is 1.02 bits per heavy atom. The summed E-state index contributed by atoms with van der Waals surface area (Å²) in [4.78, 5) is 36.3. The normalized spacial score (nSPS) is 17.8. The predicted octanol–water partition coefficient (Wildman–Crippen LogP) is 6.63. The topological polar surface area (TPSA) is 120 Å². The molecule has 0 aliphatic carbocycles. The fourth-order valence-electron chi connectivity index (χ4n) is 7.34. The molecule has 260 valence electrons. The molecular formula is C37H37Cl2FN6O4. The van der Waals surface area contributed by atoms with E-state index in [2.05, 4.69) is 30.4 Å². The molecule has 10 nitrogen and oxygen atoms in total. The summed E-state index contributed by atoms with van der Waals surface area (Å²) in [5, 5.41) is 16.1. The van der Waals surface area contributed by atoms with Crippen molar-refractivity contribution in [3.8, 4) is 28.1 Å². The Hall–Kier alpha value is -4.29. The third-order valence-electron chi connectivity index (χ3n) is 10.00. The van der Waals surface area contributed by atoms with Crippen molar-refractivity contribution in [2.45, 2.75) is 32.4 Å². The number of anilines is 2. The Balaban J connectivity index is 1.08. The maximum absolute atomic E-state index is 15.7. The Morgan fingerprint density at radius 2 is 1.76 bits per heavy atom. The number of aromatic nitrogens is 2. The van der Waals surface area contributed by atoms with Crippen LogP contribution in [0.4, 0.5) is 15.9 Å². The fraction of sp³-hybridized carbons (Fsp3) is 0.351. The summed E-state index contributed by atoms with van der Waals surface area (Å²) in [6.45, 7) is 4.70. The Labute approximate surface area is 299 Å². The smallest absolute Gasteiger partial charge is 0.306 e. The number of likely N-dealkylation sites (tertiary alicyclic amines) is 2. The first-order chi connectivity index (χ1) is 24.1. The minimum Gasteiger partial charge on any atom is -0.496 e. The summed E-state index contributed by atoms with van der Waals surface area (Å²) >= 11 is 14.0. The molecule has 7 rings (SSSR count). The lowest BCUT2D eigenvalue weighted by molar-refractivity contribution is -0.143. The molecule has 3 fully saturated rings. The number of ether oxygens (including phenoxy) is 1. The summed E-state index contributed by atoms with van der Waals surface area (Å²) in [5.41, 5.74) is 4.64. The molecular weight excluding hydrogens is 682 g/mol. The van der Waals surface area contributed by atoms with Gasteiger partial charge in [-0.2, -0.15) is 0 Å². The fourth-order valence-corrected chi connectivity index (χ4v) is 7.94. The first-order valence-electron chi connectivity index (χ1n) is 16.6. The number of rotatable bonds is 10. The monoisotopic (exact) mass is 718 g/mol. The molecule has 13 heteroatoms. The van der Waals surface area contributed by atoms with Gasteiger partial charge < -0.3 is 20.5 Å². The number of nitrogens with zero attached hydrogens (tertiary/aromatic N) is 4. The molecule has 5 heterocycles. The number of hydrogen-bond donors (Lipinski definition) is 3. The van der Waals surface area contributed by atoms with Gasteiger partial charge in [-0.05, 0) is 50.2 Å². The highest BCUT2D eigenvalue weighted by molar-refractivity contribution is 6.39. The number of pyridine rings is 2. The summed E-state index contributed by atoms with van der Waals surface area (Å²) in [7, 11) is 1.64. The zero-order valence-electron chi connectivity index (χ0n) is 27.5. The average Bonchev–Trinajstić information content (AvgIpc) is 3.49. The van der Waals surface area contributed by atoms with Gasteiger partial charge in [0.05, 0.1) is 34.5 Å². The van der Waals surface area contributed by atoms with E-state index in [-0.39, 0.29) is 23.1 Å². The third kappa shape index (κ3) is 6.87. The molecule has 4 aromatic rings. The van der Waals surface area contributed by atoms with Crippen molar-refractivity contribution in [2.75, 3.05) is 45.2 Å². The van der Waals surface area contributed by atoms with Gasteiger partial charge in [-0.3, -0.25) is 24.4 Å². The quantitative estimate of drug-likeness (QED) is 0.166. The highest BCUT2D eigenvalue weighted by atomic mass is 35.5. The second-order valence-corrected chi connectivity index (χ2v) is 14.2. The van der Waals surface area contributed by atoms with Gasteiger partial charge in [0.1, 0.15) is 5.75 Å². The van der Waals surface area contributed by atoms with Crippen molar-refractivity contribution in [2.24, 2.45) is 11.3 Å². The van der Waals surface area contributed by atoms with E-state index >= 15 is 4.39 Å². The van der Waals surface area contributed by atoms with E-state index < -0.39 is 11.8 Å². The molecule has 2 aromatic heterocycles. The van der Waals surface area contributed by atoms with Crippen LogP contribution in [0.3, 0.4) is 0 Å². The van der Waals surface area contributed by atoms with Gasteiger partial charge in [0.2, 0.25) is 5.91 Å². The highest BCUT2D eigenvalue weighted by Crippen LogP contribution is 2.43. The SMILES string of the molecule is COc1cc(-c2nccc(-c3cccc(Nc4nccc(CN5CCC(C(=O)O)CC5)c4F)c3Cl)c2Cl)ccc1CN1CC2(CNC(=O)C2)C1. The number of carbonyl (C=O) groups excluding carboxylic acids is 1. The van der Waals surface area contributed by atoms with Crippen LogP contribution in [0.1, 0.15) is 30.4 Å². The van der Waals surface area contributed by atoms with Crippen LogP contribution in [0.2, 0.25) is 10.0 Å². The number of carboxylic acid groups (broad SMARTS) is 1. The van der Waals surface area contributed by atoms with Crippen LogP contribution in [0.25, 0.3) is 22.4 Å². The largest absolute Gasteiger partial charge is 0.496 e. The molecule has 0 radical (unpaired) electrons. The van der Waals surface area contributed by atoms with Crippen molar-refractivity contribution >= 4 is 46.6 Å². The predicted molar refractivity (Wildman–Crippen MR) is 190 cm³/mol. The van der Waals surface area contributed by atoms with Crippen LogP contribution in [-0.4, -0.2) is 76.6 Å². The van der Waals surface area contributed by atoms with E-state index in [4.69, 9.17) is 27.9 Å². The molecule has 3 saturated heterocycles. The number of hydrogen-bond acceptors (Lipinski definition) is 8. The van der Waals surface area contributed by atoms with Crippen molar-refractivity contribution in [3.05, 3.63) is 87.9 Å². The van der Waals surface area contributed by atoms with Crippen LogP contribution in [0.15, 0.2) is 60.9 Å². The number of methoxy groups -OCH3 is 1. The number of nitrogens with one attached hydrogen (secondary N) is 2. The first kappa shape index (κ1) is 34.2. The highest BCUT2D eigenvalue weighted by Gasteiger charge is 2.47. The van der Waals surface area contributed by atoms with Gasteiger partial charge >= 0.3 is 5.97 Å². The van der Waals surface area contributed by atoms with Crippen molar-refractivity contribution in [1.29, 1.82) is 0 Å². The van der Waals surface area contributed by atoms with Crippen LogP contribution < -0.4 is 15.4 Å². The third-order valence-corrected chi connectivity index (χ3v) is 10.8. The summed E-state index contributed by atoms with van der Waals surface area (Å²) < 4.78 is 21.5. The second-order valence-electron chi connectivity index (χ2n) is 13.5. The van der Waals surface area contributed by atoms with E-state index in [1.165, 1.54) is 0 Å². The summed E-state index contributed by atoms with van der Waals surface area (Å²) in [6, 6.07) is 14.8. The van der Waals surface area contributed by atoms with Gasteiger partial charge in [0, 0.05) is 84.8 Å². The molecule has 0 saturated carbocycles. The summed E-state index contributed by atoms with van der Waals surface area (Å²) in [5.74, 6) is -0.738. The lowest BCUT2D eigenvalue weighted by atomic mass is 9.79. The summed E-state index contributed by atoms with van der Waals surface area (Å²) in [6.07, 6.45) is 4.88. The minimum atomic E-state index is -0.779. The van der Waals surface area contributed by atoms with Crippen molar-refractivity contribution < 1.29 is 23.8 Å². The molecule has 0 atom stereocenters. The molecule has 1 amide bonds. The van der Waals surface area contributed by atoms with E-state index in [0.29, 0.717) is 83.6 Å². The first-order valence-corrected chi connectivity index (χ1v) is 17.3. The molecule has 1 spiro atoms. The number of aliphatic carboxylic acids is 1. The Kier molecular flexibility index (Phi) is 9.67. The molecule has 50 heavy (non-hydrogen) atoms. The van der Waals surface area contributed by atoms with Gasteiger partial charge in [-0.15, -0.1) is 0 Å². The zero-order valence-corrected chi connectivity index (χ0v) is 29.0. The second kappa shape index (κ2) is 14.1.